The molecular formula is C13H24N2O4. The maximum atomic E-state index is 11.6. The number of unbranched alkanes of at least 4 members (excludes halogenated alkanes) is 2. The number of amides is 2. The number of hydrogen-bond donors (Lipinski definition) is 3. The molecule has 1 aliphatic rings. The topological polar surface area (TPSA) is 87.7 Å². The monoisotopic (exact) mass is 272 g/mol. The van der Waals surface area contributed by atoms with Crippen molar-refractivity contribution in [2.45, 2.75) is 44.6 Å². The summed E-state index contributed by atoms with van der Waals surface area (Å²) in [6.45, 7) is 1.40. The zero-order chi connectivity index (χ0) is 14.1. The Morgan fingerprint density at radius 2 is 2.05 bits per heavy atom. The lowest BCUT2D eigenvalue weighted by molar-refractivity contribution is -0.141. The first-order valence-corrected chi connectivity index (χ1v) is 6.89. The van der Waals surface area contributed by atoms with Gasteiger partial charge in [0.15, 0.2) is 0 Å². The SMILES string of the molecule is COCCCCCNC(=O)NC1CCC(C(=O)O)C1. The third-order valence-electron chi connectivity index (χ3n) is 3.43. The number of carboxylic acid groups (broad SMARTS) is 1. The van der Waals surface area contributed by atoms with E-state index in [0.717, 1.165) is 32.3 Å². The van der Waals surface area contributed by atoms with Crippen molar-refractivity contribution in [2.24, 2.45) is 5.92 Å². The molecule has 6 heteroatoms. The average molecular weight is 272 g/mol. The smallest absolute Gasteiger partial charge is 0.315 e. The van der Waals surface area contributed by atoms with Gasteiger partial charge in [-0.25, -0.2) is 4.79 Å². The zero-order valence-electron chi connectivity index (χ0n) is 11.5. The molecule has 1 fully saturated rings. The first-order valence-electron chi connectivity index (χ1n) is 6.89. The first kappa shape index (κ1) is 15.8. The van der Waals surface area contributed by atoms with Gasteiger partial charge >= 0.3 is 12.0 Å². The molecular weight excluding hydrogens is 248 g/mol. The quantitative estimate of drug-likeness (QED) is 0.582. The second-order valence-corrected chi connectivity index (χ2v) is 5.00. The van der Waals surface area contributed by atoms with Crippen molar-refractivity contribution in [1.82, 2.24) is 10.6 Å². The summed E-state index contributed by atoms with van der Waals surface area (Å²) in [5, 5.41) is 14.5. The van der Waals surface area contributed by atoms with Gasteiger partial charge in [0.2, 0.25) is 0 Å². The minimum absolute atomic E-state index is 0.00501. The van der Waals surface area contributed by atoms with Crippen molar-refractivity contribution in [2.75, 3.05) is 20.3 Å². The molecule has 1 saturated carbocycles. The average Bonchev–Trinajstić information content (AvgIpc) is 2.82. The van der Waals surface area contributed by atoms with Gasteiger partial charge in [-0.05, 0) is 38.5 Å². The van der Waals surface area contributed by atoms with Crippen LogP contribution >= 0.6 is 0 Å². The van der Waals surface area contributed by atoms with E-state index in [-0.39, 0.29) is 18.0 Å². The Bertz CT molecular complexity index is 296. The number of carboxylic acids is 1. The third-order valence-corrected chi connectivity index (χ3v) is 3.43. The second-order valence-electron chi connectivity index (χ2n) is 5.00. The van der Waals surface area contributed by atoms with Crippen molar-refractivity contribution in [3.63, 3.8) is 0 Å². The summed E-state index contributed by atoms with van der Waals surface area (Å²) in [5.41, 5.74) is 0. The Labute approximate surface area is 113 Å². The van der Waals surface area contributed by atoms with Crippen LogP contribution in [0.2, 0.25) is 0 Å². The van der Waals surface area contributed by atoms with Crippen LogP contribution < -0.4 is 10.6 Å². The van der Waals surface area contributed by atoms with Crippen LogP contribution in [-0.2, 0) is 9.53 Å². The van der Waals surface area contributed by atoms with Gasteiger partial charge in [0.25, 0.3) is 0 Å². The second kappa shape index (κ2) is 8.74. The predicted octanol–water partition coefficient (Wildman–Crippen LogP) is 1.36. The van der Waals surface area contributed by atoms with E-state index >= 15 is 0 Å². The molecule has 1 rings (SSSR count). The van der Waals surface area contributed by atoms with Gasteiger partial charge < -0.3 is 20.5 Å². The molecule has 6 nitrogen and oxygen atoms in total. The maximum Gasteiger partial charge on any atom is 0.315 e. The summed E-state index contributed by atoms with van der Waals surface area (Å²) in [6, 6.07) is -0.197. The number of urea groups is 1. The lowest BCUT2D eigenvalue weighted by atomic mass is 10.1. The number of nitrogens with one attached hydrogen (secondary N) is 2. The molecule has 2 amide bonds. The summed E-state index contributed by atoms with van der Waals surface area (Å²) in [4.78, 5) is 22.4. The van der Waals surface area contributed by atoms with E-state index < -0.39 is 5.97 Å². The van der Waals surface area contributed by atoms with E-state index in [0.29, 0.717) is 19.4 Å². The fourth-order valence-corrected chi connectivity index (χ4v) is 2.32. The molecule has 0 aromatic carbocycles. The van der Waals surface area contributed by atoms with Crippen molar-refractivity contribution in [3.8, 4) is 0 Å². The molecule has 0 saturated heterocycles. The Hall–Kier alpha value is -1.30. The molecule has 1 aliphatic carbocycles. The van der Waals surface area contributed by atoms with Gasteiger partial charge in [-0.3, -0.25) is 4.79 Å². The summed E-state index contributed by atoms with van der Waals surface area (Å²) >= 11 is 0. The summed E-state index contributed by atoms with van der Waals surface area (Å²) in [7, 11) is 1.68. The van der Waals surface area contributed by atoms with Crippen LogP contribution in [0.3, 0.4) is 0 Å². The first-order chi connectivity index (χ1) is 9.13. The van der Waals surface area contributed by atoms with Crippen molar-refractivity contribution in [3.05, 3.63) is 0 Å². The molecule has 0 bridgehead atoms. The molecule has 0 spiro atoms. The van der Waals surface area contributed by atoms with Gasteiger partial charge in [0, 0.05) is 26.3 Å². The van der Waals surface area contributed by atoms with Gasteiger partial charge in [0.1, 0.15) is 0 Å². The Morgan fingerprint density at radius 3 is 2.68 bits per heavy atom. The number of methoxy groups -OCH3 is 1. The van der Waals surface area contributed by atoms with Gasteiger partial charge in [0.05, 0.1) is 5.92 Å². The van der Waals surface area contributed by atoms with Crippen molar-refractivity contribution >= 4 is 12.0 Å². The normalized spacial score (nSPS) is 22.2. The Morgan fingerprint density at radius 1 is 1.26 bits per heavy atom. The molecule has 0 aromatic heterocycles. The highest BCUT2D eigenvalue weighted by Gasteiger charge is 2.30. The van der Waals surface area contributed by atoms with Crippen LogP contribution in [0.1, 0.15) is 38.5 Å². The molecule has 3 N–H and O–H groups in total. The Kier molecular flexibility index (Phi) is 7.25. The van der Waals surface area contributed by atoms with E-state index in [2.05, 4.69) is 10.6 Å². The predicted molar refractivity (Wildman–Crippen MR) is 71.0 cm³/mol. The van der Waals surface area contributed by atoms with Crippen molar-refractivity contribution in [1.29, 1.82) is 0 Å². The van der Waals surface area contributed by atoms with E-state index in [1.54, 1.807) is 7.11 Å². The molecule has 0 aromatic rings. The molecule has 0 heterocycles. The number of hydrogen-bond acceptors (Lipinski definition) is 3. The van der Waals surface area contributed by atoms with Crippen LogP contribution in [0.15, 0.2) is 0 Å². The van der Waals surface area contributed by atoms with Crippen molar-refractivity contribution < 1.29 is 19.4 Å². The van der Waals surface area contributed by atoms with E-state index in [1.165, 1.54) is 0 Å². The molecule has 2 atom stereocenters. The Balaban J connectivity index is 2.04. The largest absolute Gasteiger partial charge is 0.481 e. The third kappa shape index (κ3) is 6.42. The maximum absolute atomic E-state index is 11.6. The number of ether oxygens (including phenoxy) is 1. The lowest BCUT2D eigenvalue weighted by Gasteiger charge is -2.13. The molecule has 19 heavy (non-hydrogen) atoms. The highest BCUT2D eigenvalue weighted by molar-refractivity contribution is 5.75. The highest BCUT2D eigenvalue weighted by Crippen LogP contribution is 2.25. The molecule has 110 valence electrons. The van der Waals surface area contributed by atoms with Crippen LogP contribution in [0.25, 0.3) is 0 Å². The minimum Gasteiger partial charge on any atom is -0.481 e. The fraction of sp³-hybridized carbons (Fsp3) is 0.846. The van der Waals surface area contributed by atoms with Gasteiger partial charge in [-0.1, -0.05) is 0 Å². The highest BCUT2D eigenvalue weighted by atomic mass is 16.5. The van der Waals surface area contributed by atoms with Crippen LogP contribution in [0, 0.1) is 5.92 Å². The number of carbonyl (C=O) groups is 2. The molecule has 0 radical (unpaired) electrons. The summed E-state index contributed by atoms with van der Waals surface area (Å²) < 4.78 is 4.94. The van der Waals surface area contributed by atoms with Crippen LogP contribution in [0.5, 0.6) is 0 Å². The number of carbonyl (C=O) groups excluding carboxylic acids is 1. The summed E-state index contributed by atoms with van der Waals surface area (Å²) in [6.07, 6.45) is 4.90. The number of aliphatic carboxylic acids is 1. The lowest BCUT2D eigenvalue weighted by Crippen LogP contribution is -2.41. The van der Waals surface area contributed by atoms with E-state index in [4.69, 9.17) is 9.84 Å². The molecule has 2 unspecified atom stereocenters. The molecule has 0 aliphatic heterocycles. The van der Waals surface area contributed by atoms with Crippen LogP contribution in [0.4, 0.5) is 4.79 Å². The van der Waals surface area contributed by atoms with Crippen LogP contribution in [-0.4, -0.2) is 43.4 Å². The summed E-state index contributed by atoms with van der Waals surface area (Å²) in [5.74, 6) is -1.07. The fourth-order valence-electron chi connectivity index (χ4n) is 2.32. The van der Waals surface area contributed by atoms with E-state index in [9.17, 15) is 9.59 Å². The zero-order valence-corrected chi connectivity index (χ0v) is 11.5. The van der Waals surface area contributed by atoms with E-state index in [1.807, 2.05) is 0 Å². The minimum atomic E-state index is -0.761. The standard InChI is InChI=1S/C13H24N2O4/c1-19-8-4-2-3-7-14-13(18)15-11-6-5-10(9-11)12(16)17/h10-11H,2-9H2,1H3,(H,16,17)(H2,14,15,18). The van der Waals surface area contributed by atoms with Gasteiger partial charge in [-0.2, -0.15) is 0 Å². The number of rotatable bonds is 8. The van der Waals surface area contributed by atoms with Gasteiger partial charge in [-0.15, -0.1) is 0 Å².